The number of ether oxygens (including phenoxy) is 1. The lowest BCUT2D eigenvalue weighted by molar-refractivity contribution is 0.289. The highest BCUT2D eigenvalue weighted by molar-refractivity contribution is 7.98. The number of halogens is 1. The van der Waals surface area contributed by atoms with Gasteiger partial charge >= 0.3 is 0 Å². The van der Waals surface area contributed by atoms with Crippen LogP contribution in [0.5, 0.6) is 5.75 Å². The molecule has 6 heteroatoms. The minimum Gasteiger partial charge on any atom is -0.486 e. The van der Waals surface area contributed by atoms with Gasteiger partial charge in [0.05, 0.1) is 0 Å². The Morgan fingerprint density at radius 1 is 1.10 bits per heavy atom. The summed E-state index contributed by atoms with van der Waals surface area (Å²) in [4.78, 5) is 0. The zero-order valence-electron chi connectivity index (χ0n) is 16.7. The first kappa shape index (κ1) is 20.5. The van der Waals surface area contributed by atoms with E-state index in [1.54, 1.807) is 11.8 Å². The largest absolute Gasteiger partial charge is 0.486 e. The maximum atomic E-state index is 6.09. The van der Waals surface area contributed by atoms with Crippen LogP contribution in [-0.4, -0.2) is 14.8 Å². The molecule has 0 saturated heterocycles. The second-order valence-electron chi connectivity index (χ2n) is 6.92. The second-order valence-corrected chi connectivity index (χ2v) is 8.27. The lowest BCUT2D eigenvalue weighted by Gasteiger charge is -2.10. The van der Waals surface area contributed by atoms with Gasteiger partial charge in [-0.05, 0) is 47.0 Å². The summed E-state index contributed by atoms with van der Waals surface area (Å²) in [5.41, 5.74) is 2.26. The van der Waals surface area contributed by atoms with E-state index in [1.807, 2.05) is 35.8 Å². The number of aromatic nitrogens is 3. The Hall–Kier alpha value is -2.76. The molecule has 0 bridgehead atoms. The van der Waals surface area contributed by atoms with Crippen molar-refractivity contribution in [1.82, 2.24) is 14.8 Å². The smallest absolute Gasteiger partial charge is 0.191 e. The van der Waals surface area contributed by atoms with Gasteiger partial charge < -0.3 is 4.74 Å². The Morgan fingerprint density at radius 3 is 2.77 bits per heavy atom. The monoisotopic (exact) mass is 435 g/mol. The molecular weight excluding hydrogens is 414 g/mol. The first-order valence-corrected chi connectivity index (χ1v) is 11.0. The van der Waals surface area contributed by atoms with Crippen LogP contribution in [0.1, 0.15) is 17.0 Å². The van der Waals surface area contributed by atoms with Crippen molar-refractivity contribution in [3.63, 3.8) is 0 Å². The summed E-state index contributed by atoms with van der Waals surface area (Å²) < 4.78 is 7.97. The van der Waals surface area contributed by atoms with E-state index in [1.165, 1.54) is 16.3 Å². The molecule has 0 amide bonds. The van der Waals surface area contributed by atoms with E-state index in [0.717, 1.165) is 33.1 Å². The van der Waals surface area contributed by atoms with Crippen LogP contribution in [0.15, 0.2) is 78.5 Å². The molecule has 152 valence electrons. The van der Waals surface area contributed by atoms with Gasteiger partial charge in [0.1, 0.15) is 12.4 Å². The van der Waals surface area contributed by atoms with Gasteiger partial charge in [0.25, 0.3) is 0 Å². The number of hydrogen-bond acceptors (Lipinski definition) is 4. The zero-order valence-corrected chi connectivity index (χ0v) is 18.3. The third-order valence-electron chi connectivity index (χ3n) is 4.84. The fourth-order valence-electron chi connectivity index (χ4n) is 3.26. The molecule has 3 aromatic carbocycles. The number of nitrogens with zero attached hydrogens (tertiary/aromatic N) is 3. The lowest BCUT2D eigenvalue weighted by atomic mass is 10.1. The average Bonchev–Trinajstić information content (AvgIpc) is 3.15. The predicted molar refractivity (Wildman–Crippen MR) is 124 cm³/mol. The van der Waals surface area contributed by atoms with E-state index in [9.17, 15) is 0 Å². The second kappa shape index (κ2) is 9.37. The Morgan fingerprint density at radius 2 is 1.93 bits per heavy atom. The van der Waals surface area contributed by atoms with Crippen LogP contribution in [0.25, 0.3) is 10.8 Å². The highest BCUT2D eigenvalue weighted by atomic mass is 35.5. The molecule has 0 aliphatic rings. The van der Waals surface area contributed by atoms with Gasteiger partial charge in [0.15, 0.2) is 11.0 Å². The molecule has 1 heterocycles. The summed E-state index contributed by atoms with van der Waals surface area (Å²) in [6, 6.07) is 20.5. The highest BCUT2D eigenvalue weighted by Gasteiger charge is 2.13. The Labute approximate surface area is 185 Å². The predicted octanol–water partition coefficient (Wildman–Crippen LogP) is 6.45. The molecule has 0 unspecified atom stereocenters. The molecule has 4 aromatic rings. The summed E-state index contributed by atoms with van der Waals surface area (Å²) in [6.45, 7) is 6.79. The molecule has 0 aliphatic carbocycles. The minimum absolute atomic E-state index is 0.330. The maximum Gasteiger partial charge on any atom is 0.191 e. The van der Waals surface area contributed by atoms with Crippen molar-refractivity contribution in [3.05, 3.63) is 95.3 Å². The van der Waals surface area contributed by atoms with Crippen LogP contribution in [0, 0.1) is 6.92 Å². The third kappa shape index (κ3) is 4.53. The Bertz CT molecular complexity index is 1180. The van der Waals surface area contributed by atoms with Crippen molar-refractivity contribution in [3.8, 4) is 5.75 Å². The van der Waals surface area contributed by atoms with Crippen molar-refractivity contribution in [2.24, 2.45) is 0 Å². The number of thioether (sulfide) groups is 1. The van der Waals surface area contributed by atoms with Crippen molar-refractivity contribution < 1.29 is 4.74 Å². The first-order chi connectivity index (χ1) is 14.7. The molecule has 0 fully saturated rings. The molecule has 4 rings (SSSR count). The Balaban J connectivity index is 1.50. The van der Waals surface area contributed by atoms with Crippen LogP contribution in [0.3, 0.4) is 0 Å². The number of hydrogen-bond donors (Lipinski definition) is 0. The van der Waals surface area contributed by atoms with Gasteiger partial charge in [-0.25, -0.2) is 0 Å². The van der Waals surface area contributed by atoms with E-state index in [2.05, 4.69) is 59.2 Å². The van der Waals surface area contributed by atoms with Crippen molar-refractivity contribution in [1.29, 1.82) is 0 Å². The van der Waals surface area contributed by atoms with E-state index in [4.69, 9.17) is 16.3 Å². The minimum atomic E-state index is 0.330. The lowest BCUT2D eigenvalue weighted by Crippen LogP contribution is -2.07. The van der Waals surface area contributed by atoms with Crippen molar-refractivity contribution in [2.45, 2.75) is 31.0 Å². The SMILES string of the molecule is C=CCn1c(COc2ccc(Cl)c(C)c2)nnc1SCc1cccc2ccccc12. The third-order valence-corrected chi connectivity index (χ3v) is 6.28. The van der Waals surface area contributed by atoms with Crippen LogP contribution in [0.2, 0.25) is 5.02 Å². The molecule has 0 spiro atoms. The van der Waals surface area contributed by atoms with Crippen molar-refractivity contribution in [2.75, 3.05) is 0 Å². The normalized spacial score (nSPS) is 11.0. The van der Waals surface area contributed by atoms with Gasteiger partial charge in [-0.2, -0.15) is 0 Å². The standard InChI is InChI=1S/C24H22ClN3OS/c1-3-13-28-23(15-29-20-11-12-22(25)17(2)14-20)26-27-24(28)30-16-19-9-6-8-18-7-4-5-10-21(18)19/h3-12,14H,1,13,15-16H2,2H3. The number of rotatable bonds is 8. The van der Waals surface area contributed by atoms with Gasteiger partial charge in [0, 0.05) is 17.3 Å². The van der Waals surface area contributed by atoms with Crippen LogP contribution in [-0.2, 0) is 18.9 Å². The summed E-state index contributed by atoms with van der Waals surface area (Å²) in [7, 11) is 0. The first-order valence-electron chi connectivity index (χ1n) is 9.67. The number of aryl methyl sites for hydroxylation is 1. The summed E-state index contributed by atoms with van der Waals surface area (Å²) in [5.74, 6) is 2.34. The average molecular weight is 436 g/mol. The van der Waals surface area contributed by atoms with E-state index < -0.39 is 0 Å². The van der Waals surface area contributed by atoms with Gasteiger partial charge in [-0.3, -0.25) is 4.57 Å². The quantitative estimate of drug-likeness (QED) is 0.235. The Kier molecular flexibility index (Phi) is 6.41. The van der Waals surface area contributed by atoms with Gasteiger partial charge in [0.2, 0.25) is 0 Å². The van der Waals surface area contributed by atoms with Crippen LogP contribution >= 0.6 is 23.4 Å². The highest BCUT2D eigenvalue weighted by Crippen LogP contribution is 2.27. The van der Waals surface area contributed by atoms with Crippen molar-refractivity contribution >= 4 is 34.1 Å². The topological polar surface area (TPSA) is 39.9 Å². The molecular formula is C24H22ClN3OS. The summed E-state index contributed by atoms with van der Waals surface area (Å²) in [5, 5.41) is 12.9. The molecule has 1 aromatic heterocycles. The molecule has 0 radical (unpaired) electrons. The number of fused-ring (bicyclic) bond motifs is 1. The van der Waals surface area contributed by atoms with Gasteiger partial charge in [-0.1, -0.05) is 71.9 Å². The molecule has 0 atom stereocenters. The van der Waals surface area contributed by atoms with Crippen LogP contribution < -0.4 is 4.74 Å². The van der Waals surface area contributed by atoms with E-state index in [-0.39, 0.29) is 0 Å². The molecule has 0 aliphatic heterocycles. The van der Waals surface area contributed by atoms with E-state index in [0.29, 0.717) is 13.2 Å². The fraction of sp³-hybridized carbons (Fsp3) is 0.167. The fourth-order valence-corrected chi connectivity index (χ4v) is 4.35. The van der Waals surface area contributed by atoms with Gasteiger partial charge in [-0.15, -0.1) is 16.8 Å². The molecule has 30 heavy (non-hydrogen) atoms. The maximum absolute atomic E-state index is 6.09. The number of benzene rings is 3. The van der Waals surface area contributed by atoms with Crippen LogP contribution in [0.4, 0.5) is 0 Å². The van der Waals surface area contributed by atoms with E-state index >= 15 is 0 Å². The zero-order chi connectivity index (χ0) is 20.9. The molecule has 4 nitrogen and oxygen atoms in total. The molecule has 0 N–H and O–H groups in total. The summed E-state index contributed by atoms with van der Waals surface area (Å²) in [6.07, 6.45) is 1.85. The summed E-state index contributed by atoms with van der Waals surface area (Å²) >= 11 is 7.76. The molecule has 0 saturated carbocycles. The number of allylic oxidation sites excluding steroid dienone is 1.